The Morgan fingerprint density at radius 2 is 1.29 bits per heavy atom. The second kappa shape index (κ2) is 7.63. The number of benzene rings is 1. The van der Waals surface area contributed by atoms with Gasteiger partial charge in [0.15, 0.2) is 0 Å². The van der Waals surface area contributed by atoms with Crippen molar-refractivity contribution in [2.45, 2.75) is 20.8 Å². The molecule has 0 radical (unpaired) electrons. The minimum atomic E-state index is -0.670. The van der Waals surface area contributed by atoms with Crippen LogP contribution in [0.1, 0.15) is 52.0 Å². The molecule has 24 heavy (non-hydrogen) atoms. The summed E-state index contributed by atoms with van der Waals surface area (Å²) in [5.74, 6) is -1.95. The van der Waals surface area contributed by atoms with Gasteiger partial charge in [0.25, 0.3) is 0 Å². The van der Waals surface area contributed by atoms with Crippen LogP contribution in [-0.4, -0.2) is 37.7 Å². The highest BCUT2D eigenvalue weighted by Crippen LogP contribution is 2.25. The topological polar surface area (TPSA) is 92.0 Å². The van der Waals surface area contributed by atoms with E-state index in [1.54, 1.807) is 20.8 Å². The van der Waals surface area contributed by atoms with E-state index in [1.807, 2.05) is 0 Å². The van der Waals surface area contributed by atoms with Crippen molar-refractivity contribution in [1.29, 1.82) is 0 Å². The van der Waals surface area contributed by atoms with Crippen LogP contribution in [0.2, 0.25) is 0 Å². The number of fused-ring (bicyclic) bond motifs is 1. The Bertz CT molecular complexity index is 718. The molecule has 0 aliphatic rings. The van der Waals surface area contributed by atoms with Gasteiger partial charge in [-0.15, -0.1) is 0 Å². The van der Waals surface area contributed by atoms with Crippen molar-refractivity contribution >= 4 is 28.9 Å². The molecule has 0 unspecified atom stereocenters. The van der Waals surface area contributed by atoms with Crippen molar-refractivity contribution in [3.05, 3.63) is 35.1 Å². The molecule has 0 aliphatic heterocycles. The Labute approximate surface area is 138 Å². The van der Waals surface area contributed by atoms with Gasteiger partial charge in [-0.3, -0.25) is 0 Å². The SMILES string of the molecule is CCOC(=O)c1cc2cc(C(=O)OCC)c(C(=O)OCC)cc2o1. The van der Waals surface area contributed by atoms with E-state index in [0.717, 1.165) is 0 Å². The minimum Gasteiger partial charge on any atom is -0.462 e. The number of carbonyl (C=O) groups is 3. The predicted octanol–water partition coefficient (Wildman–Crippen LogP) is 2.96. The monoisotopic (exact) mass is 334 g/mol. The Balaban J connectivity index is 2.55. The number of ether oxygens (including phenoxy) is 3. The van der Waals surface area contributed by atoms with E-state index in [1.165, 1.54) is 18.2 Å². The smallest absolute Gasteiger partial charge is 0.374 e. The molecule has 0 saturated heterocycles. The zero-order valence-electron chi connectivity index (χ0n) is 13.7. The average Bonchev–Trinajstić information content (AvgIpc) is 2.97. The largest absolute Gasteiger partial charge is 0.462 e. The average molecular weight is 334 g/mol. The van der Waals surface area contributed by atoms with Gasteiger partial charge in [0.1, 0.15) is 5.58 Å². The molecule has 7 heteroatoms. The van der Waals surface area contributed by atoms with Crippen LogP contribution in [0.5, 0.6) is 0 Å². The fourth-order valence-corrected chi connectivity index (χ4v) is 2.15. The van der Waals surface area contributed by atoms with Crippen LogP contribution in [0, 0.1) is 0 Å². The molecule has 128 valence electrons. The lowest BCUT2D eigenvalue weighted by Gasteiger charge is -2.08. The lowest BCUT2D eigenvalue weighted by molar-refractivity contribution is 0.0479. The van der Waals surface area contributed by atoms with Gasteiger partial charge in [0.2, 0.25) is 5.76 Å². The number of hydrogen-bond acceptors (Lipinski definition) is 7. The van der Waals surface area contributed by atoms with Gasteiger partial charge in [-0.2, -0.15) is 0 Å². The van der Waals surface area contributed by atoms with Gasteiger partial charge in [0, 0.05) is 5.39 Å². The Morgan fingerprint density at radius 3 is 1.83 bits per heavy atom. The molecule has 0 fully saturated rings. The van der Waals surface area contributed by atoms with Crippen molar-refractivity contribution in [3.63, 3.8) is 0 Å². The Morgan fingerprint density at radius 1 is 0.792 bits per heavy atom. The van der Waals surface area contributed by atoms with Crippen LogP contribution < -0.4 is 0 Å². The summed E-state index contributed by atoms with van der Waals surface area (Å²) in [4.78, 5) is 36.0. The molecule has 1 heterocycles. The normalized spacial score (nSPS) is 10.5. The summed E-state index contributed by atoms with van der Waals surface area (Å²) >= 11 is 0. The van der Waals surface area contributed by atoms with Crippen molar-refractivity contribution in [3.8, 4) is 0 Å². The molecule has 1 aromatic carbocycles. The number of hydrogen-bond donors (Lipinski definition) is 0. The number of esters is 3. The van der Waals surface area contributed by atoms with Gasteiger partial charge in [-0.05, 0) is 39.0 Å². The molecule has 0 spiro atoms. The first-order chi connectivity index (χ1) is 11.5. The summed E-state index contributed by atoms with van der Waals surface area (Å²) in [5, 5.41) is 0.481. The van der Waals surface area contributed by atoms with E-state index in [4.69, 9.17) is 18.6 Å². The van der Waals surface area contributed by atoms with Crippen LogP contribution in [-0.2, 0) is 14.2 Å². The fraction of sp³-hybridized carbons (Fsp3) is 0.353. The van der Waals surface area contributed by atoms with E-state index in [-0.39, 0.29) is 42.3 Å². The van der Waals surface area contributed by atoms with Crippen molar-refractivity contribution in [2.24, 2.45) is 0 Å². The molecular weight excluding hydrogens is 316 g/mol. The fourth-order valence-electron chi connectivity index (χ4n) is 2.15. The molecule has 0 saturated carbocycles. The standard InChI is InChI=1S/C17H18O7/c1-4-21-15(18)11-7-10-8-14(17(20)23-6-3)24-13(10)9-12(11)16(19)22-5-2/h7-9H,4-6H2,1-3H3. The quantitative estimate of drug-likeness (QED) is 0.592. The predicted molar refractivity (Wildman–Crippen MR) is 84.1 cm³/mol. The lowest BCUT2D eigenvalue weighted by atomic mass is 10.0. The van der Waals surface area contributed by atoms with Gasteiger partial charge in [0.05, 0.1) is 30.9 Å². The van der Waals surface area contributed by atoms with Gasteiger partial charge < -0.3 is 18.6 Å². The maximum atomic E-state index is 12.1. The van der Waals surface area contributed by atoms with E-state index in [9.17, 15) is 14.4 Å². The van der Waals surface area contributed by atoms with E-state index < -0.39 is 17.9 Å². The second-order valence-corrected chi connectivity index (χ2v) is 4.71. The molecule has 7 nitrogen and oxygen atoms in total. The first-order valence-electron chi connectivity index (χ1n) is 7.60. The zero-order valence-corrected chi connectivity index (χ0v) is 13.7. The molecule has 0 bridgehead atoms. The summed E-state index contributed by atoms with van der Waals surface area (Å²) in [6.07, 6.45) is 0. The molecular formula is C17H18O7. The molecule has 0 atom stereocenters. The molecule has 0 aliphatic carbocycles. The highest BCUT2D eigenvalue weighted by molar-refractivity contribution is 6.07. The first-order valence-corrected chi connectivity index (χ1v) is 7.60. The number of rotatable bonds is 6. The van der Waals surface area contributed by atoms with Crippen molar-refractivity contribution < 1.29 is 33.0 Å². The minimum absolute atomic E-state index is 0.0114. The lowest BCUT2D eigenvalue weighted by Crippen LogP contribution is -2.14. The highest BCUT2D eigenvalue weighted by atomic mass is 16.5. The third-order valence-corrected chi connectivity index (χ3v) is 3.12. The van der Waals surface area contributed by atoms with E-state index in [0.29, 0.717) is 5.39 Å². The summed E-state index contributed by atoms with van der Waals surface area (Å²) in [7, 11) is 0. The van der Waals surface area contributed by atoms with Gasteiger partial charge in [-0.25, -0.2) is 14.4 Å². The maximum Gasteiger partial charge on any atom is 0.374 e. The Kier molecular flexibility index (Phi) is 5.57. The highest BCUT2D eigenvalue weighted by Gasteiger charge is 2.23. The van der Waals surface area contributed by atoms with E-state index in [2.05, 4.69) is 0 Å². The molecule has 0 amide bonds. The summed E-state index contributed by atoms with van der Waals surface area (Å²) in [5.41, 5.74) is 0.348. The third kappa shape index (κ3) is 3.56. The van der Waals surface area contributed by atoms with Crippen molar-refractivity contribution in [1.82, 2.24) is 0 Å². The maximum absolute atomic E-state index is 12.1. The van der Waals surface area contributed by atoms with Crippen LogP contribution in [0.25, 0.3) is 11.0 Å². The number of furan rings is 1. The van der Waals surface area contributed by atoms with Gasteiger partial charge >= 0.3 is 17.9 Å². The number of carbonyl (C=O) groups excluding carboxylic acids is 3. The van der Waals surface area contributed by atoms with E-state index >= 15 is 0 Å². The van der Waals surface area contributed by atoms with Crippen LogP contribution in [0.15, 0.2) is 22.6 Å². The molecule has 1 aromatic heterocycles. The van der Waals surface area contributed by atoms with Crippen LogP contribution in [0.3, 0.4) is 0 Å². The van der Waals surface area contributed by atoms with Crippen LogP contribution in [0.4, 0.5) is 0 Å². The zero-order chi connectivity index (χ0) is 17.7. The molecule has 0 N–H and O–H groups in total. The molecule has 2 aromatic rings. The summed E-state index contributed by atoms with van der Waals surface area (Å²) < 4.78 is 20.2. The Hall–Kier alpha value is -2.83. The summed E-state index contributed by atoms with van der Waals surface area (Å²) in [6.45, 7) is 5.53. The summed E-state index contributed by atoms with van der Waals surface area (Å²) in [6, 6.07) is 4.25. The third-order valence-electron chi connectivity index (χ3n) is 3.12. The van der Waals surface area contributed by atoms with Gasteiger partial charge in [-0.1, -0.05) is 0 Å². The van der Waals surface area contributed by atoms with Crippen molar-refractivity contribution in [2.75, 3.05) is 19.8 Å². The first kappa shape index (κ1) is 17.5. The van der Waals surface area contributed by atoms with Crippen LogP contribution >= 0.6 is 0 Å². The molecule has 2 rings (SSSR count). The second-order valence-electron chi connectivity index (χ2n) is 4.71.